The number of nitrogens with zero attached hydrogens (tertiary/aromatic N) is 3. The topological polar surface area (TPSA) is 90.4 Å². The number of carboxylic acid groups (broad SMARTS) is 1. The van der Waals surface area contributed by atoms with Gasteiger partial charge in [-0.25, -0.2) is 4.79 Å². The number of hydrogen-bond donors (Lipinski definition) is 1. The normalized spacial score (nSPS) is 22.8. The number of anilines is 1. The molecule has 0 spiro atoms. The maximum atomic E-state index is 12.7. The summed E-state index contributed by atoms with van der Waals surface area (Å²) >= 11 is 0. The van der Waals surface area contributed by atoms with E-state index in [2.05, 4.69) is 0 Å². The van der Waals surface area contributed by atoms with Crippen LogP contribution in [0.25, 0.3) is 0 Å². The number of fused-ring (bicyclic) bond motifs is 1. The van der Waals surface area contributed by atoms with Crippen molar-refractivity contribution in [1.82, 2.24) is 9.80 Å². The highest BCUT2D eigenvalue weighted by molar-refractivity contribution is 6.09. The first kappa shape index (κ1) is 17.2. The number of hydrogen-bond acceptors (Lipinski definition) is 4. The molecule has 2 aliphatic heterocycles. The van der Waals surface area contributed by atoms with E-state index in [4.69, 9.17) is 4.74 Å². The summed E-state index contributed by atoms with van der Waals surface area (Å²) in [4.78, 5) is 40.9. The average molecular weight is 347 g/mol. The fourth-order valence-electron chi connectivity index (χ4n) is 3.41. The second kappa shape index (κ2) is 6.03. The summed E-state index contributed by atoms with van der Waals surface area (Å²) in [7, 11) is 1.58. The molecule has 2 aliphatic rings. The third-order valence-electron chi connectivity index (χ3n) is 4.62. The van der Waals surface area contributed by atoms with Crippen LogP contribution in [0, 0.1) is 0 Å². The van der Waals surface area contributed by atoms with E-state index in [1.807, 2.05) is 0 Å². The minimum atomic E-state index is -1.10. The zero-order valence-corrected chi connectivity index (χ0v) is 14.4. The molecule has 3 rings (SSSR count). The van der Waals surface area contributed by atoms with E-state index in [-0.39, 0.29) is 31.5 Å². The monoisotopic (exact) mass is 347 g/mol. The third kappa shape index (κ3) is 2.93. The molecule has 0 aromatic heterocycles. The molecular weight excluding hydrogens is 326 g/mol. The first-order chi connectivity index (χ1) is 11.7. The fraction of sp³-hybridized carbons (Fsp3) is 0.471. The molecule has 2 heterocycles. The molecule has 1 aromatic rings. The van der Waals surface area contributed by atoms with Gasteiger partial charge in [0.15, 0.2) is 0 Å². The Morgan fingerprint density at radius 2 is 2.00 bits per heavy atom. The van der Waals surface area contributed by atoms with Gasteiger partial charge in [0.05, 0.1) is 23.9 Å². The SMILES string of the molecule is CN1CC(=O)N(C[C@@H]2COC(C)(C)N2C(=O)O)c2ccccc2C1=O. The maximum Gasteiger partial charge on any atom is 0.409 e. The van der Waals surface area contributed by atoms with Gasteiger partial charge in [0.1, 0.15) is 12.3 Å². The van der Waals surface area contributed by atoms with Gasteiger partial charge in [-0.2, -0.15) is 0 Å². The molecule has 8 nitrogen and oxygen atoms in total. The van der Waals surface area contributed by atoms with E-state index in [1.54, 1.807) is 45.2 Å². The standard InChI is InChI=1S/C17H21N3O5/c1-17(2)20(16(23)24)11(10-25-17)8-19-13-7-5-4-6-12(13)15(22)18(3)9-14(19)21/h4-7,11H,8-10H2,1-3H3,(H,23,24)/t11-/m1/s1. The highest BCUT2D eigenvalue weighted by Crippen LogP contribution is 2.31. The number of para-hydroxylation sites is 1. The first-order valence-corrected chi connectivity index (χ1v) is 8.03. The summed E-state index contributed by atoms with van der Waals surface area (Å²) in [6, 6.07) is 6.36. The molecule has 8 heteroatoms. The predicted octanol–water partition coefficient (Wildman–Crippen LogP) is 1.22. The van der Waals surface area contributed by atoms with E-state index in [1.165, 1.54) is 14.7 Å². The van der Waals surface area contributed by atoms with E-state index < -0.39 is 17.9 Å². The van der Waals surface area contributed by atoms with Crippen LogP contribution in [0.15, 0.2) is 24.3 Å². The van der Waals surface area contributed by atoms with Crippen LogP contribution in [0.4, 0.5) is 10.5 Å². The van der Waals surface area contributed by atoms with E-state index in [0.717, 1.165) is 0 Å². The number of benzene rings is 1. The smallest absolute Gasteiger partial charge is 0.409 e. The summed E-state index contributed by atoms with van der Waals surface area (Å²) in [5.74, 6) is -0.486. The predicted molar refractivity (Wildman–Crippen MR) is 89.4 cm³/mol. The van der Waals surface area contributed by atoms with Gasteiger partial charge >= 0.3 is 6.09 Å². The van der Waals surface area contributed by atoms with Crippen molar-refractivity contribution in [2.45, 2.75) is 25.6 Å². The number of ether oxygens (including phenoxy) is 1. The van der Waals surface area contributed by atoms with Crippen LogP contribution in [0.2, 0.25) is 0 Å². The molecule has 1 fully saturated rings. The molecule has 0 bridgehead atoms. The molecule has 0 unspecified atom stereocenters. The Morgan fingerprint density at radius 1 is 1.32 bits per heavy atom. The summed E-state index contributed by atoms with van der Waals surface area (Å²) in [6.45, 7) is 3.62. The summed E-state index contributed by atoms with van der Waals surface area (Å²) in [6.07, 6.45) is -1.10. The molecule has 0 saturated carbocycles. The number of rotatable bonds is 2. The number of carbonyl (C=O) groups excluding carboxylic acids is 2. The molecule has 25 heavy (non-hydrogen) atoms. The first-order valence-electron chi connectivity index (χ1n) is 8.03. The highest BCUT2D eigenvalue weighted by Gasteiger charge is 2.45. The van der Waals surface area contributed by atoms with Gasteiger partial charge in [-0.3, -0.25) is 14.5 Å². The Kier molecular flexibility index (Phi) is 4.16. The Bertz CT molecular complexity index is 733. The Morgan fingerprint density at radius 3 is 2.68 bits per heavy atom. The van der Waals surface area contributed by atoms with Crippen molar-refractivity contribution < 1.29 is 24.2 Å². The zero-order chi connectivity index (χ0) is 18.4. The summed E-state index contributed by atoms with van der Waals surface area (Å²) in [5, 5.41) is 9.53. The van der Waals surface area contributed by atoms with Gasteiger partial charge < -0.3 is 19.6 Å². The van der Waals surface area contributed by atoms with Crippen LogP contribution in [-0.4, -0.2) is 71.3 Å². The lowest BCUT2D eigenvalue weighted by Gasteiger charge is -2.33. The second-order valence-electron chi connectivity index (χ2n) is 6.75. The van der Waals surface area contributed by atoms with Crippen molar-refractivity contribution in [3.05, 3.63) is 29.8 Å². The van der Waals surface area contributed by atoms with Gasteiger partial charge in [0.2, 0.25) is 5.91 Å². The van der Waals surface area contributed by atoms with Crippen LogP contribution in [0.1, 0.15) is 24.2 Å². The van der Waals surface area contributed by atoms with Crippen LogP contribution in [-0.2, 0) is 9.53 Å². The second-order valence-corrected chi connectivity index (χ2v) is 6.75. The average Bonchev–Trinajstić information content (AvgIpc) is 2.81. The third-order valence-corrected chi connectivity index (χ3v) is 4.62. The zero-order valence-electron chi connectivity index (χ0n) is 14.4. The number of carbonyl (C=O) groups is 3. The molecule has 0 aliphatic carbocycles. The lowest BCUT2D eigenvalue weighted by atomic mass is 10.1. The fourth-order valence-corrected chi connectivity index (χ4v) is 3.41. The van der Waals surface area contributed by atoms with Crippen LogP contribution in [0.5, 0.6) is 0 Å². The Labute approximate surface area is 145 Å². The Hall–Kier alpha value is -2.61. The molecule has 1 saturated heterocycles. The van der Waals surface area contributed by atoms with E-state index in [0.29, 0.717) is 11.3 Å². The maximum absolute atomic E-state index is 12.7. The van der Waals surface area contributed by atoms with Crippen LogP contribution < -0.4 is 4.90 Å². The molecular formula is C17H21N3O5. The van der Waals surface area contributed by atoms with Crippen molar-refractivity contribution in [2.75, 3.05) is 31.6 Å². The van der Waals surface area contributed by atoms with Crippen molar-refractivity contribution in [3.8, 4) is 0 Å². The summed E-state index contributed by atoms with van der Waals surface area (Å²) < 4.78 is 5.59. The number of amides is 3. The quantitative estimate of drug-likeness (QED) is 0.869. The molecule has 1 aromatic carbocycles. The minimum absolute atomic E-state index is 0.0580. The molecule has 1 N–H and O–H groups in total. The van der Waals surface area contributed by atoms with Crippen molar-refractivity contribution in [2.24, 2.45) is 0 Å². The van der Waals surface area contributed by atoms with Crippen molar-refractivity contribution >= 4 is 23.6 Å². The van der Waals surface area contributed by atoms with Gasteiger partial charge in [-0.15, -0.1) is 0 Å². The minimum Gasteiger partial charge on any atom is -0.465 e. The molecule has 1 atom stereocenters. The van der Waals surface area contributed by atoms with Gasteiger partial charge in [-0.1, -0.05) is 12.1 Å². The van der Waals surface area contributed by atoms with Crippen LogP contribution in [0.3, 0.4) is 0 Å². The van der Waals surface area contributed by atoms with Crippen molar-refractivity contribution in [3.63, 3.8) is 0 Å². The van der Waals surface area contributed by atoms with Crippen LogP contribution >= 0.6 is 0 Å². The largest absolute Gasteiger partial charge is 0.465 e. The highest BCUT2D eigenvalue weighted by atomic mass is 16.5. The Balaban J connectivity index is 1.96. The van der Waals surface area contributed by atoms with E-state index in [9.17, 15) is 19.5 Å². The van der Waals surface area contributed by atoms with Gasteiger partial charge in [0.25, 0.3) is 5.91 Å². The molecule has 134 valence electrons. The van der Waals surface area contributed by atoms with Gasteiger partial charge in [0, 0.05) is 13.6 Å². The molecule has 0 radical (unpaired) electrons. The number of likely N-dealkylation sites (N-methyl/N-ethyl adjacent to an activating group) is 1. The summed E-state index contributed by atoms with van der Waals surface area (Å²) in [5.41, 5.74) is -0.0369. The van der Waals surface area contributed by atoms with E-state index >= 15 is 0 Å². The molecule has 3 amide bonds. The van der Waals surface area contributed by atoms with Gasteiger partial charge in [-0.05, 0) is 26.0 Å². The lowest BCUT2D eigenvalue weighted by Crippen LogP contribution is -2.52. The lowest BCUT2D eigenvalue weighted by molar-refractivity contribution is -0.119. The van der Waals surface area contributed by atoms with Crippen molar-refractivity contribution in [1.29, 1.82) is 0 Å².